The molecule has 0 radical (unpaired) electrons. The number of rotatable bonds is 1. The fourth-order valence-corrected chi connectivity index (χ4v) is 0. The summed E-state index contributed by atoms with van der Waals surface area (Å²) in [4.78, 5) is 19.0. The number of methoxy groups -OCH3 is 1. The van der Waals surface area contributed by atoms with E-state index in [1.54, 1.807) is 6.92 Å². The molecule has 0 atom stereocenters. The molecule has 0 aliphatic heterocycles. The number of carbonyl (C=O) groups is 2. The molecule has 0 aromatic carbocycles. The maximum atomic E-state index is 9.59. The van der Waals surface area contributed by atoms with Crippen molar-refractivity contribution in [2.45, 2.75) is 20.3 Å². The lowest BCUT2D eigenvalue weighted by atomic mass is 10.5. The minimum absolute atomic E-state index is 0.222. The van der Waals surface area contributed by atoms with E-state index in [1.807, 2.05) is 0 Å². The van der Waals surface area contributed by atoms with Gasteiger partial charge in [0.15, 0.2) is 0 Å². The van der Waals surface area contributed by atoms with Crippen LogP contribution in [0.4, 0.5) is 0 Å². The molecule has 4 nitrogen and oxygen atoms in total. The molecule has 0 aromatic heterocycles. The maximum absolute atomic E-state index is 9.59. The first-order valence-corrected chi connectivity index (χ1v) is 2.80. The normalized spacial score (nSPS) is 7.10. The van der Waals surface area contributed by atoms with Gasteiger partial charge in [0.05, 0.1) is 7.11 Å². The number of ether oxygens (including phenoxy) is 1. The molecule has 0 aliphatic rings. The summed E-state index contributed by atoms with van der Waals surface area (Å²) in [6, 6.07) is 0. The molecule has 0 spiro atoms. The zero-order valence-electron chi connectivity index (χ0n) is 6.38. The molecule has 0 saturated heterocycles. The second-order valence-corrected chi connectivity index (χ2v) is 1.44. The third-order valence-corrected chi connectivity index (χ3v) is 0.590. The Labute approximate surface area is 59.8 Å². The Balaban J connectivity index is 0. The van der Waals surface area contributed by atoms with E-state index in [0.29, 0.717) is 0 Å². The van der Waals surface area contributed by atoms with Crippen LogP contribution in [-0.2, 0) is 14.3 Å². The molecule has 0 fully saturated rings. The quantitative estimate of drug-likeness (QED) is 0.555. The highest BCUT2D eigenvalue weighted by atomic mass is 16.5. The molecule has 4 heteroatoms. The summed E-state index contributed by atoms with van der Waals surface area (Å²) < 4.78 is 4.11. The molecule has 60 valence electrons. The largest absolute Gasteiger partial charge is 0.481 e. The van der Waals surface area contributed by atoms with Crippen LogP contribution in [0.5, 0.6) is 0 Å². The van der Waals surface area contributed by atoms with Crippen molar-refractivity contribution in [2.75, 3.05) is 7.11 Å². The molecule has 0 amide bonds. The van der Waals surface area contributed by atoms with Gasteiger partial charge in [-0.05, 0) is 0 Å². The number of carboxylic acids is 1. The van der Waals surface area contributed by atoms with Crippen LogP contribution in [0.3, 0.4) is 0 Å². The summed E-state index contributed by atoms with van der Waals surface area (Å²) in [5.41, 5.74) is 0. The average Bonchev–Trinajstić information content (AvgIpc) is 1.89. The van der Waals surface area contributed by atoms with Gasteiger partial charge in [0.2, 0.25) is 0 Å². The predicted molar refractivity (Wildman–Crippen MR) is 35.6 cm³/mol. The van der Waals surface area contributed by atoms with Gasteiger partial charge in [0.1, 0.15) is 0 Å². The Morgan fingerprint density at radius 2 is 1.70 bits per heavy atom. The standard InChI is InChI=1S/2C3H6O2/c1-3(4)5-2;1-2-3(4)5/h1-2H3;2H2,1H3,(H,4,5). The monoisotopic (exact) mass is 148 g/mol. The number of hydrogen-bond acceptors (Lipinski definition) is 3. The van der Waals surface area contributed by atoms with Gasteiger partial charge < -0.3 is 9.84 Å². The molecule has 0 rings (SSSR count). The van der Waals surface area contributed by atoms with Crippen molar-refractivity contribution in [3.8, 4) is 0 Å². The summed E-state index contributed by atoms with van der Waals surface area (Å²) in [6.45, 7) is 2.96. The van der Waals surface area contributed by atoms with Gasteiger partial charge >= 0.3 is 11.9 Å². The number of carbonyl (C=O) groups excluding carboxylic acids is 1. The van der Waals surface area contributed by atoms with E-state index in [-0.39, 0.29) is 12.4 Å². The third kappa shape index (κ3) is 28.3. The van der Waals surface area contributed by atoms with E-state index in [0.717, 1.165) is 0 Å². The molecule has 0 unspecified atom stereocenters. The van der Waals surface area contributed by atoms with E-state index in [2.05, 4.69) is 4.74 Å². The summed E-state index contributed by atoms with van der Waals surface area (Å²) >= 11 is 0. The van der Waals surface area contributed by atoms with E-state index in [1.165, 1.54) is 14.0 Å². The lowest BCUT2D eigenvalue weighted by Gasteiger charge is -1.80. The molecule has 0 bridgehead atoms. The van der Waals surface area contributed by atoms with Crippen LogP contribution >= 0.6 is 0 Å². The zero-order chi connectivity index (χ0) is 8.57. The van der Waals surface area contributed by atoms with Gasteiger partial charge in [-0.1, -0.05) is 6.92 Å². The molecular formula is C6H12O4. The molecular weight excluding hydrogens is 136 g/mol. The summed E-state index contributed by atoms with van der Waals surface area (Å²) in [5, 5.41) is 7.72. The van der Waals surface area contributed by atoms with Gasteiger partial charge in [0.25, 0.3) is 0 Å². The predicted octanol–water partition coefficient (Wildman–Crippen LogP) is 0.660. The first kappa shape index (κ1) is 11.7. The van der Waals surface area contributed by atoms with Crippen LogP contribution in [0, 0.1) is 0 Å². The highest BCUT2D eigenvalue weighted by Crippen LogP contribution is 1.67. The lowest BCUT2D eigenvalue weighted by Crippen LogP contribution is -1.88. The molecule has 0 saturated carbocycles. The number of aliphatic carboxylic acids is 1. The van der Waals surface area contributed by atoms with Crippen LogP contribution in [0.15, 0.2) is 0 Å². The Morgan fingerprint density at radius 3 is 1.70 bits per heavy atom. The van der Waals surface area contributed by atoms with E-state index < -0.39 is 5.97 Å². The smallest absolute Gasteiger partial charge is 0.303 e. The minimum atomic E-state index is -0.745. The van der Waals surface area contributed by atoms with Crippen LogP contribution < -0.4 is 0 Å². The van der Waals surface area contributed by atoms with Gasteiger partial charge in [-0.3, -0.25) is 9.59 Å². The summed E-state index contributed by atoms with van der Waals surface area (Å²) in [5.74, 6) is -0.991. The second kappa shape index (κ2) is 7.94. The molecule has 0 aromatic rings. The van der Waals surface area contributed by atoms with Crippen molar-refractivity contribution in [2.24, 2.45) is 0 Å². The second-order valence-electron chi connectivity index (χ2n) is 1.44. The Kier molecular flexibility index (Phi) is 9.29. The number of esters is 1. The van der Waals surface area contributed by atoms with Crippen molar-refractivity contribution in [3.63, 3.8) is 0 Å². The third-order valence-electron chi connectivity index (χ3n) is 0.590. The summed E-state index contributed by atoms with van der Waals surface area (Å²) in [6.07, 6.45) is 0.222. The van der Waals surface area contributed by atoms with E-state index in [4.69, 9.17) is 5.11 Å². The molecule has 10 heavy (non-hydrogen) atoms. The fraction of sp³-hybridized carbons (Fsp3) is 0.667. The SMILES string of the molecule is CCC(=O)O.COC(C)=O. The van der Waals surface area contributed by atoms with Crippen molar-refractivity contribution >= 4 is 11.9 Å². The van der Waals surface area contributed by atoms with Gasteiger partial charge in [-0.25, -0.2) is 0 Å². The highest BCUT2D eigenvalue weighted by molar-refractivity contribution is 5.66. The Bertz CT molecular complexity index is 94.3. The molecule has 0 heterocycles. The summed E-state index contributed by atoms with van der Waals surface area (Å²) in [7, 11) is 1.35. The topological polar surface area (TPSA) is 63.6 Å². The lowest BCUT2D eigenvalue weighted by molar-refractivity contribution is -0.138. The van der Waals surface area contributed by atoms with Crippen molar-refractivity contribution < 1.29 is 19.4 Å². The van der Waals surface area contributed by atoms with Crippen LogP contribution in [-0.4, -0.2) is 24.2 Å². The first-order chi connectivity index (χ1) is 4.54. The average molecular weight is 148 g/mol. The highest BCUT2D eigenvalue weighted by Gasteiger charge is 1.80. The van der Waals surface area contributed by atoms with Crippen LogP contribution in [0.2, 0.25) is 0 Å². The molecule has 1 N–H and O–H groups in total. The Morgan fingerprint density at radius 1 is 1.50 bits per heavy atom. The van der Waals surface area contributed by atoms with E-state index in [9.17, 15) is 9.59 Å². The Hall–Kier alpha value is -1.06. The minimum Gasteiger partial charge on any atom is -0.481 e. The van der Waals surface area contributed by atoms with Crippen LogP contribution in [0.1, 0.15) is 20.3 Å². The first-order valence-electron chi connectivity index (χ1n) is 2.80. The zero-order valence-corrected chi connectivity index (χ0v) is 6.38. The van der Waals surface area contributed by atoms with Gasteiger partial charge in [-0.2, -0.15) is 0 Å². The van der Waals surface area contributed by atoms with Crippen LogP contribution in [0.25, 0.3) is 0 Å². The van der Waals surface area contributed by atoms with Gasteiger partial charge in [-0.15, -0.1) is 0 Å². The van der Waals surface area contributed by atoms with Crippen molar-refractivity contribution in [3.05, 3.63) is 0 Å². The fourth-order valence-electron chi connectivity index (χ4n) is 0. The maximum Gasteiger partial charge on any atom is 0.303 e. The number of hydrogen-bond donors (Lipinski definition) is 1. The molecule has 0 aliphatic carbocycles. The number of carboxylic acid groups (broad SMARTS) is 1. The van der Waals surface area contributed by atoms with Crippen molar-refractivity contribution in [1.82, 2.24) is 0 Å². The van der Waals surface area contributed by atoms with E-state index >= 15 is 0 Å². The van der Waals surface area contributed by atoms with Crippen molar-refractivity contribution in [1.29, 1.82) is 0 Å². The van der Waals surface area contributed by atoms with Gasteiger partial charge in [0, 0.05) is 13.3 Å².